The lowest BCUT2D eigenvalue weighted by Crippen LogP contribution is -2.06. The van der Waals surface area contributed by atoms with E-state index in [0.717, 1.165) is 12.1 Å². The highest BCUT2D eigenvalue weighted by Crippen LogP contribution is 2.32. The zero-order chi connectivity index (χ0) is 17.2. The molecule has 0 bridgehead atoms. The van der Waals surface area contributed by atoms with Crippen molar-refractivity contribution in [3.8, 4) is 11.4 Å². The number of carbonyl (C=O) groups excluding carboxylic acids is 1. The molecule has 2 aromatic heterocycles. The molecule has 3 rings (SSSR count). The third kappa shape index (κ3) is 3.40. The maximum Gasteiger partial charge on any atom is 0.416 e. The second-order valence-electron chi connectivity index (χ2n) is 4.74. The van der Waals surface area contributed by atoms with Gasteiger partial charge in [-0.1, -0.05) is 0 Å². The highest BCUT2D eigenvalue weighted by atomic mass is 19.4. The topological polar surface area (TPSA) is 73.8 Å². The van der Waals surface area contributed by atoms with Gasteiger partial charge in [0.2, 0.25) is 0 Å². The van der Waals surface area contributed by atoms with Crippen LogP contribution in [0.3, 0.4) is 0 Å². The van der Waals surface area contributed by atoms with E-state index in [-0.39, 0.29) is 17.0 Å². The third-order valence-electron chi connectivity index (χ3n) is 3.03. The number of aromatic nitrogens is 4. The number of rotatable bonds is 4. The number of hydrogen-bond acceptors (Lipinski definition) is 5. The van der Waals surface area contributed by atoms with Crippen LogP contribution in [0, 0.1) is 0 Å². The molecular formula is C15H9F3N4O2. The van der Waals surface area contributed by atoms with E-state index >= 15 is 0 Å². The van der Waals surface area contributed by atoms with Crippen LogP contribution in [0.5, 0.6) is 0 Å². The minimum atomic E-state index is -4.57. The van der Waals surface area contributed by atoms with Crippen molar-refractivity contribution in [2.75, 3.05) is 0 Å². The van der Waals surface area contributed by atoms with Crippen LogP contribution >= 0.6 is 0 Å². The Kier molecular flexibility index (Phi) is 3.98. The molecule has 6 nitrogen and oxygen atoms in total. The molecule has 0 aliphatic rings. The third-order valence-corrected chi connectivity index (χ3v) is 3.03. The zero-order valence-electron chi connectivity index (χ0n) is 11.9. The first-order valence-corrected chi connectivity index (χ1v) is 6.61. The lowest BCUT2D eigenvalue weighted by molar-refractivity contribution is -0.137. The van der Waals surface area contributed by atoms with Crippen molar-refractivity contribution in [3.63, 3.8) is 0 Å². The molecule has 1 aromatic carbocycles. The van der Waals surface area contributed by atoms with Crippen LogP contribution in [-0.2, 0) is 6.18 Å². The average Bonchev–Trinajstić information content (AvgIpc) is 3.23. The summed E-state index contributed by atoms with van der Waals surface area (Å²) in [5, 5.41) is 4.06. The Morgan fingerprint density at radius 3 is 2.67 bits per heavy atom. The van der Waals surface area contributed by atoms with Gasteiger partial charge >= 0.3 is 6.18 Å². The van der Waals surface area contributed by atoms with Crippen molar-refractivity contribution in [1.82, 2.24) is 19.7 Å². The lowest BCUT2D eigenvalue weighted by Gasteiger charge is -2.08. The minimum Gasteiger partial charge on any atom is -0.451 e. The maximum absolute atomic E-state index is 12.9. The molecule has 122 valence electrons. The van der Waals surface area contributed by atoms with E-state index in [2.05, 4.69) is 15.1 Å². The fourth-order valence-electron chi connectivity index (χ4n) is 1.95. The SMILES string of the molecule is O=Cc1cc(-c2ncn(/C=C\c3cocn3)n2)cc(C(F)(F)F)c1. The fourth-order valence-corrected chi connectivity index (χ4v) is 1.95. The molecule has 0 aliphatic carbocycles. The van der Waals surface area contributed by atoms with Gasteiger partial charge in [0.05, 0.1) is 5.56 Å². The summed E-state index contributed by atoms with van der Waals surface area (Å²) in [5.74, 6) is 0.0639. The van der Waals surface area contributed by atoms with E-state index in [1.807, 2.05) is 0 Å². The van der Waals surface area contributed by atoms with Gasteiger partial charge in [-0.15, -0.1) is 5.10 Å². The molecule has 2 heterocycles. The number of alkyl halides is 3. The van der Waals surface area contributed by atoms with Crippen molar-refractivity contribution >= 4 is 18.6 Å². The van der Waals surface area contributed by atoms with Crippen molar-refractivity contribution in [1.29, 1.82) is 0 Å². The Morgan fingerprint density at radius 2 is 2.00 bits per heavy atom. The highest BCUT2D eigenvalue weighted by Gasteiger charge is 2.31. The molecule has 0 radical (unpaired) electrons. The van der Waals surface area contributed by atoms with Crippen LogP contribution in [0.15, 0.2) is 41.6 Å². The maximum atomic E-state index is 12.9. The Labute approximate surface area is 133 Å². The number of carbonyl (C=O) groups is 1. The van der Waals surface area contributed by atoms with Gasteiger partial charge in [-0.3, -0.25) is 4.79 Å². The number of oxazole rings is 1. The summed E-state index contributed by atoms with van der Waals surface area (Å²) >= 11 is 0. The molecule has 0 atom stereocenters. The number of benzene rings is 1. The molecule has 3 aromatic rings. The molecule has 0 saturated heterocycles. The van der Waals surface area contributed by atoms with E-state index in [0.29, 0.717) is 12.0 Å². The quantitative estimate of drug-likeness (QED) is 0.684. The van der Waals surface area contributed by atoms with Crippen molar-refractivity contribution < 1.29 is 22.4 Å². The Hall–Kier alpha value is -3.23. The van der Waals surface area contributed by atoms with Crippen LogP contribution in [0.1, 0.15) is 21.6 Å². The van der Waals surface area contributed by atoms with Gasteiger partial charge in [-0.25, -0.2) is 14.6 Å². The van der Waals surface area contributed by atoms with E-state index in [9.17, 15) is 18.0 Å². The van der Waals surface area contributed by atoms with Crippen molar-refractivity contribution in [2.24, 2.45) is 0 Å². The van der Waals surface area contributed by atoms with Crippen molar-refractivity contribution in [3.05, 3.63) is 54.0 Å². The summed E-state index contributed by atoms with van der Waals surface area (Å²) in [6.07, 6.45) is 2.89. The molecular weight excluding hydrogens is 325 g/mol. The van der Waals surface area contributed by atoms with Gasteiger partial charge in [0.25, 0.3) is 0 Å². The van der Waals surface area contributed by atoms with Gasteiger partial charge in [-0.2, -0.15) is 13.2 Å². The highest BCUT2D eigenvalue weighted by molar-refractivity contribution is 5.78. The lowest BCUT2D eigenvalue weighted by atomic mass is 10.1. The number of aldehydes is 1. The van der Waals surface area contributed by atoms with Gasteiger partial charge < -0.3 is 4.42 Å². The molecule has 0 spiro atoms. The van der Waals surface area contributed by atoms with Crippen LogP contribution in [0.2, 0.25) is 0 Å². The Bertz CT molecular complexity index is 883. The Morgan fingerprint density at radius 1 is 1.17 bits per heavy atom. The van der Waals surface area contributed by atoms with Gasteiger partial charge in [0.1, 0.15) is 24.6 Å². The molecule has 0 saturated carbocycles. The molecule has 0 aliphatic heterocycles. The van der Waals surface area contributed by atoms with E-state index in [1.54, 1.807) is 6.08 Å². The normalized spacial score (nSPS) is 12.0. The predicted molar refractivity (Wildman–Crippen MR) is 77.6 cm³/mol. The zero-order valence-corrected chi connectivity index (χ0v) is 11.9. The molecule has 0 amide bonds. The van der Waals surface area contributed by atoms with Gasteiger partial charge in [0.15, 0.2) is 12.2 Å². The fraction of sp³-hybridized carbons (Fsp3) is 0.0667. The smallest absolute Gasteiger partial charge is 0.416 e. The predicted octanol–water partition coefficient (Wildman–Crippen LogP) is 3.39. The van der Waals surface area contributed by atoms with Gasteiger partial charge in [-0.05, 0) is 24.3 Å². The van der Waals surface area contributed by atoms with Gasteiger partial charge in [0, 0.05) is 17.3 Å². The number of halogens is 3. The van der Waals surface area contributed by atoms with E-state index in [4.69, 9.17) is 4.42 Å². The minimum absolute atomic E-state index is 0.0639. The largest absolute Gasteiger partial charge is 0.451 e. The molecule has 0 fully saturated rings. The standard InChI is InChI=1S/C15H9F3N4O2/c16-15(17,18)12-4-10(6-23)3-11(5-12)14-19-8-22(21-14)2-1-13-7-24-9-20-13/h1-9H/b2-1-. The summed E-state index contributed by atoms with van der Waals surface area (Å²) in [4.78, 5) is 18.7. The van der Waals surface area contributed by atoms with E-state index in [1.165, 1.54) is 35.9 Å². The molecule has 9 heteroatoms. The molecule has 24 heavy (non-hydrogen) atoms. The van der Waals surface area contributed by atoms with Crippen molar-refractivity contribution in [2.45, 2.75) is 6.18 Å². The summed E-state index contributed by atoms with van der Waals surface area (Å²) in [5.41, 5.74) is -0.388. The van der Waals surface area contributed by atoms with E-state index < -0.39 is 11.7 Å². The Balaban J connectivity index is 1.93. The first-order valence-electron chi connectivity index (χ1n) is 6.61. The molecule has 0 N–H and O–H groups in total. The monoisotopic (exact) mass is 334 g/mol. The van der Waals surface area contributed by atoms with Crippen LogP contribution < -0.4 is 0 Å². The first kappa shape index (κ1) is 15.7. The second-order valence-corrected chi connectivity index (χ2v) is 4.74. The summed E-state index contributed by atoms with van der Waals surface area (Å²) in [6, 6.07) is 2.97. The summed E-state index contributed by atoms with van der Waals surface area (Å²) in [7, 11) is 0. The van der Waals surface area contributed by atoms with Crippen LogP contribution in [0.4, 0.5) is 13.2 Å². The first-order chi connectivity index (χ1) is 11.5. The molecule has 0 unspecified atom stereocenters. The number of nitrogens with zero attached hydrogens (tertiary/aromatic N) is 4. The average molecular weight is 334 g/mol. The van der Waals surface area contributed by atoms with Crippen LogP contribution in [-0.4, -0.2) is 26.0 Å². The number of hydrogen-bond donors (Lipinski definition) is 0. The van der Waals surface area contributed by atoms with Crippen LogP contribution in [0.25, 0.3) is 23.7 Å². The second kappa shape index (κ2) is 6.11. The summed E-state index contributed by atoms with van der Waals surface area (Å²) in [6.45, 7) is 0. The summed E-state index contributed by atoms with van der Waals surface area (Å²) < 4.78 is 44.8.